The van der Waals surface area contributed by atoms with Crippen molar-refractivity contribution in [3.63, 3.8) is 0 Å². The smallest absolute Gasteiger partial charge is 0.219 e. The van der Waals surface area contributed by atoms with Crippen molar-refractivity contribution in [2.75, 3.05) is 0 Å². The lowest BCUT2D eigenvalue weighted by molar-refractivity contribution is -0.120. The predicted octanol–water partition coefficient (Wildman–Crippen LogP) is 2.78. The Balaban J connectivity index is 2.07. The van der Waals surface area contributed by atoms with Crippen LogP contribution < -0.4 is 11.1 Å². The fraction of sp³-hybridized carbons (Fsp3) is 0.500. The second kappa shape index (κ2) is 5.72. The van der Waals surface area contributed by atoms with Crippen LogP contribution in [0.15, 0.2) is 18.2 Å². The Morgan fingerprint density at radius 1 is 1.56 bits per heavy atom. The van der Waals surface area contributed by atoms with Gasteiger partial charge < -0.3 is 11.1 Å². The third-order valence-corrected chi connectivity index (χ3v) is 3.70. The van der Waals surface area contributed by atoms with Gasteiger partial charge in [0.2, 0.25) is 5.91 Å². The highest BCUT2D eigenvalue weighted by atomic mass is 35.5. The molecule has 0 heterocycles. The molecule has 1 amide bonds. The first kappa shape index (κ1) is 13.4. The molecule has 1 atom stereocenters. The SMILES string of the molecule is CCC(=O)NCc1ccc(Cl)c(C(N)C2CC2)c1. The molecule has 1 saturated carbocycles. The van der Waals surface area contributed by atoms with E-state index in [1.807, 2.05) is 25.1 Å². The Labute approximate surface area is 113 Å². The molecule has 4 heteroatoms. The molecule has 0 bridgehead atoms. The van der Waals surface area contributed by atoms with Crippen molar-refractivity contribution in [3.05, 3.63) is 34.3 Å². The molecule has 98 valence electrons. The van der Waals surface area contributed by atoms with Crippen molar-refractivity contribution in [1.29, 1.82) is 0 Å². The Hall–Kier alpha value is -1.06. The van der Waals surface area contributed by atoms with Crippen molar-refractivity contribution in [1.82, 2.24) is 5.32 Å². The summed E-state index contributed by atoms with van der Waals surface area (Å²) in [5, 5.41) is 3.58. The second-order valence-electron chi connectivity index (χ2n) is 4.85. The third kappa shape index (κ3) is 3.24. The van der Waals surface area contributed by atoms with Crippen molar-refractivity contribution in [3.8, 4) is 0 Å². The highest BCUT2D eigenvalue weighted by molar-refractivity contribution is 6.31. The molecule has 2 rings (SSSR count). The molecule has 3 nitrogen and oxygen atoms in total. The number of hydrogen-bond donors (Lipinski definition) is 2. The maximum absolute atomic E-state index is 11.2. The van der Waals surface area contributed by atoms with Crippen LogP contribution in [-0.4, -0.2) is 5.91 Å². The van der Waals surface area contributed by atoms with E-state index in [1.54, 1.807) is 0 Å². The van der Waals surface area contributed by atoms with Crippen LogP contribution in [-0.2, 0) is 11.3 Å². The van der Waals surface area contributed by atoms with Crippen LogP contribution in [0.5, 0.6) is 0 Å². The minimum atomic E-state index is 0.0272. The quantitative estimate of drug-likeness (QED) is 0.861. The predicted molar refractivity (Wildman–Crippen MR) is 73.2 cm³/mol. The summed E-state index contributed by atoms with van der Waals surface area (Å²) < 4.78 is 0. The zero-order valence-electron chi connectivity index (χ0n) is 10.6. The summed E-state index contributed by atoms with van der Waals surface area (Å²) in [5.74, 6) is 0.626. The number of halogens is 1. The number of amides is 1. The van der Waals surface area contributed by atoms with Gasteiger partial charge in [-0.3, -0.25) is 4.79 Å². The largest absolute Gasteiger partial charge is 0.352 e. The van der Waals surface area contributed by atoms with Crippen LogP contribution in [0.3, 0.4) is 0 Å². The molecule has 1 unspecified atom stereocenters. The standard InChI is InChI=1S/C14H19ClN2O/c1-2-13(18)17-8-9-3-6-12(15)11(7-9)14(16)10-4-5-10/h3,6-7,10,14H,2,4-5,8,16H2,1H3,(H,17,18). The van der Waals surface area contributed by atoms with Crippen LogP contribution in [0, 0.1) is 5.92 Å². The first-order valence-corrected chi connectivity index (χ1v) is 6.80. The lowest BCUT2D eigenvalue weighted by atomic mass is 10.0. The second-order valence-corrected chi connectivity index (χ2v) is 5.26. The first-order chi connectivity index (χ1) is 8.61. The number of hydrogen-bond acceptors (Lipinski definition) is 2. The average molecular weight is 267 g/mol. The van der Waals surface area contributed by atoms with Gasteiger partial charge in [-0.05, 0) is 36.0 Å². The molecule has 0 aliphatic heterocycles. The molecule has 0 spiro atoms. The van der Waals surface area contributed by atoms with E-state index in [0.29, 0.717) is 18.9 Å². The molecular formula is C14H19ClN2O. The molecule has 3 N–H and O–H groups in total. The summed E-state index contributed by atoms with van der Waals surface area (Å²) in [6, 6.07) is 5.84. The van der Waals surface area contributed by atoms with E-state index in [2.05, 4.69) is 5.32 Å². The van der Waals surface area contributed by atoms with E-state index in [1.165, 1.54) is 12.8 Å². The molecular weight excluding hydrogens is 248 g/mol. The maximum Gasteiger partial charge on any atom is 0.219 e. The van der Waals surface area contributed by atoms with E-state index in [4.69, 9.17) is 17.3 Å². The maximum atomic E-state index is 11.2. The normalized spacial score (nSPS) is 16.4. The number of nitrogens with two attached hydrogens (primary N) is 1. The number of carbonyl (C=O) groups excluding carboxylic acids is 1. The molecule has 1 fully saturated rings. The van der Waals surface area contributed by atoms with Gasteiger partial charge in [0.15, 0.2) is 0 Å². The molecule has 0 radical (unpaired) electrons. The highest BCUT2D eigenvalue weighted by Crippen LogP contribution is 2.41. The number of benzene rings is 1. The van der Waals surface area contributed by atoms with Crippen LogP contribution >= 0.6 is 11.6 Å². The van der Waals surface area contributed by atoms with E-state index in [9.17, 15) is 4.79 Å². The van der Waals surface area contributed by atoms with Gasteiger partial charge in [0.25, 0.3) is 0 Å². The summed E-state index contributed by atoms with van der Waals surface area (Å²) in [7, 11) is 0. The van der Waals surface area contributed by atoms with Crippen LogP contribution in [0.4, 0.5) is 0 Å². The molecule has 1 aliphatic rings. The van der Waals surface area contributed by atoms with E-state index in [0.717, 1.165) is 16.1 Å². The van der Waals surface area contributed by atoms with Gasteiger partial charge >= 0.3 is 0 Å². The van der Waals surface area contributed by atoms with E-state index in [-0.39, 0.29) is 11.9 Å². The monoisotopic (exact) mass is 266 g/mol. The van der Waals surface area contributed by atoms with Gasteiger partial charge in [0.1, 0.15) is 0 Å². The first-order valence-electron chi connectivity index (χ1n) is 6.42. The zero-order chi connectivity index (χ0) is 13.1. The van der Waals surface area contributed by atoms with Gasteiger partial charge in [-0.2, -0.15) is 0 Å². The van der Waals surface area contributed by atoms with Gasteiger partial charge in [-0.25, -0.2) is 0 Å². The van der Waals surface area contributed by atoms with Crippen molar-refractivity contribution in [2.24, 2.45) is 11.7 Å². The Morgan fingerprint density at radius 3 is 2.89 bits per heavy atom. The minimum absolute atomic E-state index is 0.0272. The van der Waals surface area contributed by atoms with Crippen LogP contribution in [0.1, 0.15) is 43.4 Å². The summed E-state index contributed by atoms with van der Waals surface area (Å²) >= 11 is 6.19. The average Bonchev–Trinajstić information content (AvgIpc) is 3.20. The zero-order valence-corrected chi connectivity index (χ0v) is 11.3. The number of nitrogens with one attached hydrogen (secondary N) is 1. The van der Waals surface area contributed by atoms with Crippen LogP contribution in [0.2, 0.25) is 5.02 Å². The lowest BCUT2D eigenvalue weighted by Crippen LogP contribution is -2.21. The molecule has 1 aromatic rings. The minimum Gasteiger partial charge on any atom is -0.352 e. The molecule has 18 heavy (non-hydrogen) atoms. The van der Waals surface area contributed by atoms with Crippen molar-refractivity contribution >= 4 is 17.5 Å². The Morgan fingerprint density at radius 2 is 2.28 bits per heavy atom. The molecule has 1 aromatic carbocycles. The fourth-order valence-corrected chi connectivity index (χ4v) is 2.24. The van der Waals surface area contributed by atoms with Crippen molar-refractivity contribution < 1.29 is 4.79 Å². The molecule has 0 aromatic heterocycles. The van der Waals surface area contributed by atoms with Crippen LogP contribution in [0.25, 0.3) is 0 Å². The Bertz CT molecular complexity index is 443. The summed E-state index contributed by atoms with van der Waals surface area (Å²) in [6.45, 7) is 2.37. The third-order valence-electron chi connectivity index (χ3n) is 3.36. The lowest BCUT2D eigenvalue weighted by Gasteiger charge is -2.14. The van der Waals surface area contributed by atoms with Crippen molar-refractivity contribution in [2.45, 2.75) is 38.8 Å². The van der Waals surface area contributed by atoms with E-state index < -0.39 is 0 Å². The molecule has 0 saturated heterocycles. The highest BCUT2D eigenvalue weighted by Gasteiger charge is 2.30. The van der Waals surface area contributed by atoms with Gasteiger partial charge in [-0.1, -0.05) is 30.7 Å². The Kier molecular flexibility index (Phi) is 4.25. The topological polar surface area (TPSA) is 55.1 Å². The number of rotatable bonds is 5. The van der Waals surface area contributed by atoms with Gasteiger partial charge in [-0.15, -0.1) is 0 Å². The summed E-state index contributed by atoms with van der Waals surface area (Å²) in [5.41, 5.74) is 8.23. The number of carbonyl (C=O) groups is 1. The summed E-state index contributed by atoms with van der Waals surface area (Å²) in [4.78, 5) is 11.2. The van der Waals surface area contributed by atoms with E-state index >= 15 is 0 Å². The summed E-state index contributed by atoms with van der Waals surface area (Å²) in [6.07, 6.45) is 2.88. The van der Waals surface area contributed by atoms with Gasteiger partial charge in [0.05, 0.1) is 0 Å². The fourth-order valence-electron chi connectivity index (χ4n) is 1.99. The molecule has 1 aliphatic carbocycles. The van der Waals surface area contributed by atoms with Gasteiger partial charge in [0, 0.05) is 24.0 Å².